The summed E-state index contributed by atoms with van der Waals surface area (Å²) in [5.74, 6) is 1.13. The number of pyridine rings is 1. The monoisotopic (exact) mass is 238 g/mol. The number of para-hydroxylation sites is 2. The molecule has 3 rings (SSSR count). The van der Waals surface area contributed by atoms with Gasteiger partial charge in [0.1, 0.15) is 5.75 Å². The number of anilines is 1. The summed E-state index contributed by atoms with van der Waals surface area (Å²) in [6.45, 7) is 0. The summed E-state index contributed by atoms with van der Waals surface area (Å²) < 4.78 is 5.56. The van der Waals surface area contributed by atoms with Crippen molar-refractivity contribution in [2.75, 3.05) is 5.73 Å². The molecule has 0 aliphatic heterocycles. The first kappa shape index (κ1) is 10.5. The van der Waals surface area contributed by atoms with Gasteiger partial charge >= 0.3 is 0 Å². The molecule has 0 amide bonds. The molecule has 0 aliphatic carbocycles. The molecule has 5 heteroatoms. The number of rotatable bonds is 2. The van der Waals surface area contributed by atoms with Crippen LogP contribution in [0.25, 0.3) is 11.0 Å². The van der Waals surface area contributed by atoms with Gasteiger partial charge in [-0.05, 0) is 24.3 Å². The SMILES string of the molecule is Nc1nc2ccccc2nc1Oc1cccnc1. The molecule has 88 valence electrons. The van der Waals surface area contributed by atoms with Gasteiger partial charge in [0.05, 0.1) is 17.2 Å². The molecule has 2 aromatic heterocycles. The van der Waals surface area contributed by atoms with Crippen molar-refractivity contribution in [3.05, 3.63) is 48.8 Å². The van der Waals surface area contributed by atoms with E-state index in [1.165, 1.54) is 0 Å². The van der Waals surface area contributed by atoms with E-state index in [0.717, 1.165) is 11.0 Å². The third-order valence-electron chi connectivity index (χ3n) is 2.41. The summed E-state index contributed by atoms with van der Waals surface area (Å²) >= 11 is 0. The molecule has 5 nitrogen and oxygen atoms in total. The van der Waals surface area contributed by atoms with Crippen LogP contribution in [0.15, 0.2) is 48.8 Å². The van der Waals surface area contributed by atoms with Crippen LogP contribution in [0.4, 0.5) is 5.82 Å². The molecule has 0 fully saturated rings. The van der Waals surface area contributed by atoms with Crippen LogP contribution in [0.5, 0.6) is 11.6 Å². The summed E-state index contributed by atoms with van der Waals surface area (Å²) in [4.78, 5) is 12.5. The Hall–Kier alpha value is -2.69. The predicted octanol–water partition coefficient (Wildman–Crippen LogP) is 2.40. The number of nitrogens with zero attached hydrogens (tertiary/aromatic N) is 3. The van der Waals surface area contributed by atoms with E-state index >= 15 is 0 Å². The number of hydrogen-bond donors (Lipinski definition) is 1. The second-order valence-electron chi connectivity index (χ2n) is 3.69. The highest BCUT2D eigenvalue weighted by Gasteiger charge is 2.07. The number of benzene rings is 1. The lowest BCUT2D eigenvalue weighted by Gasteiger charge is -2.07. The summed E-state index contributed by atoms with van der Waals surface area (Å²) in [6.07, 6.45) is 3.26. The molecule has 0 atom stereocenters. The lowest BCUT2D eigenvalue weighted by molar-refractivity contribution is 0.463. The van der Waals surface area contributed by atoms with Gasteiger partial charge in [0, 0.05) is 6.20 Å². The Kier molecular flexibility index (Phi) is 2.49. The zero-order chi connectivity index (χ0) is 12.4. The first-order valence-corrected chi connectivity index (χ1v) is 5.43. The van der Waals surface area contributed by atoms with Crippen molar-refractivity contribution in [1.82, 2.24) is 15.0 Å². The molecular formula is C13H10N4O. The van der Waals surface area contributed by atoms with Crippen LogP contribution < -0.4 is 10.5 Å². The van der Waals surface area contributed by atoms with Gasteiger partial charge in [-0.2, -0.15) is 0 Å². The van der Waals surface area contributed by atoms with Crippen molar-refractivity contribution in [2.24, 2.45) is 0 Å². The Morgan fingerprint density at radius 1 is 0.944 bits per heavy atom. The Morgan fingerprint density at radius 3 is 2.44 bits per heavy atom. The van der Waals surface area contributed by atoms with Crippen LogP contribution in [0.3, 0.4) is 0 Å². The summed E-state index contributed by atoms with van der Waals surface area (Å²) in [5, 5.41) is 0. The van der Waals surface area contributed by atoms with Crippen molar-refractivity contribution >= 4 is 16.9 Å². The highest BCUT2D eigenvalue weighted by molar-refractivity contribution is 5.76. The number of ether oxygens (including phenoxy) is 1. The lowest BCUT2D eigenvalue weighted by Crippen LogP contribution is -1.99. The van der Waals surface area contributed by atoms with Crippen LogP contribution >= 0.6 is 0 Å². The number of hydrogen-bond acceptors (Lipinski definition) is 5. The van der Waals surface area contributed by atoms with Crippen LogP contribution in [0.1, 0.15) is 0 Å². The van der Waals surface area contributed by atoms with Crippen molar-refractivity contribution in [3.63, 3.8) is 0 Å². The second-order valence-corrected chi connectivity index (χ2v) is 3.69. The molecule has 18 heavy (non-hydrogen) atoms. The first-order valence-electron chi connectivity index (χ1n) is 5.43. The van der Waals surface area contributed by atoms with Crippen LogP contribution in [-0.2, 0) is 0 Å². The highest BCUT2D eigenvalue weighted by Crippen LogP contribution is 2.25. The average Bonchev–Trinajstić information content (AvgIpc) is 2.41. The van der Waals surface area contributed by atoms with Gasteiger partial charge < -0.3 is 10.5 Å². The molecule has 2 heterocycles. The molecule has 1 aromatic carbocycles. The van der Waals surface area contributed by atoms with Crippen molar-refractivity contribution in [3.8, 4) is 11.6 Å². The maximum Gasteiger partial charge on any atom is 0.263 e. The third kappa shape index (κ3) is 1.93. The first-order chi connectivity index (χ1) is 8.83. The van der Waals surface area contributed by atoms with Gasteiger partial charge in [0.25, 0.3) is 5.88 Å². The summed E-state index contributed by atoms with van der Waals surface area (Å²) in [7, 11) is 0. The van der Waals surface area contributed by atoms with E-state index in [9.17, 15) is 0 Å². The van der Waals surface area contributed by atoms with Crippen LogP contribution in [0.2, 0.25) is 0 Å². The lowest BCUT2D eigenvalue weighted by atomic mass is 10.3. The Balaban J connectivity index is 2.04. The standard InChI is InChI=1S/C13H10N4O/c14-12-13(18-9-4-3-7-15-8-9)17-11-6-2-1-5-10(11)16-12/h1-8H,(H2,14,16). The fourth-order valence-corrected chi connectivity index (χ4v) is 1.59. The van der Waals surface area contributed by atoms with E-state index < -0.39 is 0 Å². The Morgan fingerprint density at radius 2 is 1.72 bits per heavy atom. The Bertz CT molecular complexity index is 685. The number of nitrogen functional groups attached to an aromatic ring is 1. The van der Waals surface area contributed by atoms with E-state index in [1.807, 2.05) is 24.3 Å². The molecule has 0 unspecified atom stereocenters. The minimum absolute atomic E-state index is 0.262. The molecule has 2 N–H and O–H groups in total. The van der Waals surface area contributed by atoms with Crippen molar-refractivity contribution in [1.29, 1.82) is 0 Å². The molecule has 0 aliphatic rings. The van der Waals surface area contributed by atoms with Gasteiger partial charge in [-0.25, -0.2) is 9.97 Å². The zero-order valence-electron chi connectivity index (χ0n) is 9.45. The normalized spacial score (nSPS) is 10.4. The minimum Gasteiger partial charge on any atom is -0.434 e. The fourth-order valence-electron chi connectivity index (χ4n) is 1.59. The van der Waals surface area contributed by atoms with Crippen molar-refractivity contribution < 1.29 is 4.74 Å². The summed E-state index contributed by atoms with van der Waals surface area (Å²) in [6, 6.07) is 11.0. The molecular weight excluding hydrogens is 228 g/mol. The number of nitrogens with two attached hydrogens (primary N) is 1. The fraction of sp³-hybridized carbons (Fsp3) is 0. The Labute approximate surface area is 103 Å². The van der Waals surface area contributed by atoms with Gasteiger partial charge in [0.2, 0.25) is 0 Å². The molecule has 0 spiro atoms. The van der Waals surface area contributed by atoms with Gasteiger partial charge in [0.15, 0.2) is 5.82 Å². The molecule has 3 aromatic rings. The number of fused-ring (bicyclic) bond motifs is 1. The molecule has 0 bridgehead atoms. The second kappa shape index (κ2) is 4.29. The van der Waals surface area contributed by atoms with E-state index in [0.29, 0.717) is 11.6 Å². The highest BCUT2D eigenvalue weighted by atomic mass is 16.5. The minimum atomic E-state index is 0.262. The van der Waals surface area contributed by atoms with Gasteiger partial charge in [-0.3, -0.25) is 4.98 Å². The predicted molar refractivity (Wildman–Crippen MR) is 68.3 cm³/mol. The van der Waals surface area contributed by atoms with Gasteiger partial charge in [-0.1, -0.05) is 12.1 Å². The quantitative estimate of drug-likeness (QED) is 0.742. The number of aromatic nitrogens is 3. The van der Waals surface area contributed by atoms with E-state index in [4.69, 9.17) is 10.5 Å². The largest absolute Gasteiger partial charge is 0.434 e. The molecule has 0 saturated heterocycles. The zero-order valence-corrected chi connectivity index (χ0v) is 9.45. The van der Waals surface area contributed by atoms with Crippen molar-refractivity contribution in [2.45, 2.75) is 0 Å². The average molecular weight is 238 g/mol. The maximum atomic E-state index is 5.82. The topological polar surface area (TPSA) is 73.9 Å². The smallest absolute Gasteiger partial charge is 0.263 e. The molecule has 0 saturated carbocycles. The van der Waals surface area contributed by atoms with E-state index in [-0.39, 0.29) is 5.82 Å². The maximum absolute atomic E-state index is 5.82. The van der Waals surface area contributed by atoms with E-state index in [2.05, 4.69) is 15.0 Å². The van der Waals surface area contributed by atoms with Crippen LogP contribution in [-0.4, -0.2) is 15.0 Å². The molecule has 0 radical (unpaired) electrons. The van der Waals surface area contributed by atoms with Gasteiger partial charge in [-0.15, -0.1) is 0 Å². The third-order valence-corrected chi connectivity index (χ3v) is 2.41. The van der Waals surface area contributed by atoms with E-state index in [1.54, 1.807) is 24.5 Å². The summed E-state index contributed by atoms with van der Waals surface area (Å²) in [5.41, 5.74) is 7.30. The van der Waals surface area contributed by atoms with Crippen LogP contribution in [0, 0.1) is 0 Å².